The largest absolute Gasteiger partial charge is 0.335 e. The second kappa shape index (κ2) is 7.29. The van der Waals surface area contributed by atoms with Crippen molar-refractivity contribution in [2.24, 2.45) is 0 Å². The van der Waals surface area contributed by atoms with Gasteiger partial charge >= 0.3 is 6.03 Å². The van der Waals surface area contributed by atoms with Crippen LogP contribution in [0.4, 0.5) is 10.5 Å². The summed E-state index contributed by atoms with van der Waals surface area (Å²) in [6.45, 7) is 5.94. The van der Waals surface area contributed by atoms with E-state index in [0.717, 1.165) is 42.5 Å². The molecule has 0 bridgehead atoms. The quantitative estimate of drug-likeness (QED) is 0.800. The van der Waals surface area contributed by atoms with Gasteiger partial charge in [-0.3, -0.25) is 4.79 Å². The van der Waals surface area contributed by atoms with Gasteiger partial charge in [0.1, 0.15) is 0 Å². The molecule has 1 fully saturated rings. The van der Waals surface area contributed by atoms with Crippen molar-refractivity contribution in [3.63, 3.8) is 0 Å². The van der Waals surface area contributed by atoms with Crippen molar-refractivity contribution in [3.8, 4) is 0 Å². The molecule has 2 rings (SSSR count). The Morgan fingerprint density at radius 3 is 2.27 bits per heavy atom. The summed E-state index contributed by atoms with van der Waals surface area (Å²) in [7, 11) is 0. The molecule has 120 valence electrons. The van der Waals surface area contributed by atoms with Gasteiger partial charge in [0.05, 0.1) is 6.54 Å². The number of rotatable bonds is 4. The van der Waals surface area contributed by atoms with Gasteiger partial charge in [0.15, 0.2) is 0 Å². The molecule has 3 N–H and O–H groups in total. The Morgan fingerprint density at radius 2 is 1.68 bits per heavy atom. The van der Waals surface area contributed by atoms with Crippen molar-refractivity contribution in [1.82, 2.24) is 10.6 Å². The SMILES string of the molecule is Cc1cc(C)c(NC(=O)CNC(=O)NC2CCCC2)c(C)c1. The fourth-order valence-corrected chi connectivity index (χ4v) is 3.03. The van der Waals surface area contributed by atoms with Crippen LogP contribution < -0.4 is 16.0 Å². The highest BCUT2D eigenvalue weighted by Crippen LogP contribution is 2.21. The van der Waals surface area contributed by atoms with Crippen LogP contribution >= 0.6 is 0 Å². The smallest absolute Gasteiger partial charge is 0.315 e. The fraction of sp³-hybridized carbons (Fsp3) is 0.529. The second-order valence-corrected chi connectivity index (χ2v) is 6.13. The number of amides is 3. The number of anilines is 1. The Kier molecular flexibility index (Phi) is 5.41. The van der Waals surface area contributed by atoms with Crippen molar-refractivity contribution < 1.29 is 9.59 Å². The van der Waals surface area contributed by atoms with E-state index in [0.29, 0.717) is 0 Å². The minimum absolute atomic E-state index is 0.0225. The lowest BCUT2D eigenvalue weighted by atomic mass is 10.1. The van der Waals surface area contributed by atoms with E-state index in [9.17, 15) is 9.59 Å². The standard InChI is InChI=1S/C17H25N3O2/c1-11-8-12(2)16(13(3)9-11)20-15(21)10-18-17(22)19-14-6-4-5-7-14/h8-9,14H,4-7,10H2,1-3H3,(H,20,21)(H2,18,19,22). The molecule has 1 aliphatic rings. The Hall–Kier alpha value is -2.04. The number of carbonyl (C=O) groups is 2. The molecule has 0 aliphatic heterocycles. The number of benzene rings is 1. The molecule has 3 amide bonds. The maximum atomic E-state index is 12.0. The molecule has 0 atom stereocenters. The normalized spacial score (nSPS) is 14.7. The van der Waals surface area contributed by atoms with Crippen LogP contribution in [-0.2, 0) is 4.79 Å². The van der Waals surface area contributed by atoms with Crippen molar-refractivity contribution in [3.05, 3.63) is 28.8 Å². The lowest BCUT2D eigenvalue weighted by Crippen LogP contribution is -2.43. The Labute approximate surface area is 131 Å². The number of aryl methyl sites for hydroxylation is 3. The minimum Gasteiger partial charge on any atom is -0.335 e. The maximum absolute atomic E-state index is 12.0. The summed E-state index contributed by atoms with van der Waals surface area (Å²) in [4.78, 5) is 23.7. The molecule has 5 heteroatoms. The third-order valence-electron chi connectivity index (χ3n) is 4.04. The van der Waals surface area contributed by atoms with E-state index in [-0.39, 0.29) is 24.5 Å². The topological polar surface area (TPSA) is 70.2 Å². The molecule has 0 saturated heterocycles. The molecule has 0 unspecified atom stereocenters. The van der Waals surface area contributed by atoms with Crippen molar-refractivity contribution in [1.29, 1.82) is 0 Å². The van der Waals surface area contributed by atoms with Crippen LogP contribution in [0.2, 0.25) is 0 Å². The highest BCUT2D eigenvalue weighted by molar-refractivity contribution is 5.95. The number of urea groups is 1. The molecule has 1 aromatic carbocycles. The van der Waals surface area contributed by atoms with Crippen LogP contribution in [0.15, 0.2) is 12.1 Å². The van der Waals surface area contributed by atoms with E-state index in [2.05, 4.69) is 16.0 Å². The first-order valence-electron chi connectivity index (χ1n) is 7.88. The molecule has 22 heavy (non-hydrogen) atoms. The van der Waals surface area contributed by atoms with Gasteiger partial charge in [-0.1, -0.05) is 30.5 Å². The number of carbonyl (C=O) groups excluding carboxylic acids is 2. The lowest BCUT2D eigenvalue weighted by Gasteiger charge is -2.15. The van der Waals surface area contributed by atoms with Gasteiger partial charge in [0, 0.05) is 11.7 Å². The van der Waals surface area contributed by atoms with Crippen molar-refractivity contribution in [2.45, 2.75) is 52.5 Å². The van der Waals surface area contributed by atoms with Gasteiger partial charge in [-0.2, -0.15) is 0 Å². The predicted molar refractivity (Wildman–Crippen MR) is 88.1 cm³/mol. The molecule has 1 aliphatic carbocycles. The second-order valence-electron chi connectivity index (χ2n) is 6.13. The van der Waals surface area contributed by atoms with E-state index in [1.165, 1.54) is 5.56 Å². The van der Waals surface area contributed by atoms with E-state index in [1.54, 1.807) is 0 Å². The lowest BCUT2D eigenvalue weighted by molar-refractivity contribution is -0.115. The zero-order chi connectivity index (χ0) is 16.1. The third-order valence-corrected chi connectivity index (χ3v) is 4.04. The van der Waals surface area contributed by atoms with E-state index < -0.39 is 0 Å². The van der Waals surface area contributed by atoms with Crippen LogP contribution in [0.3, 0.4) is 0 Å². The Bertz CT molecular complexity index is 540. The number of hydrogen-bond donors (Lipinski definition) is 3. The van der Waals surface area contributed by atoms with Crippen LogP contribution in [0, 0.1) is 20.8 Å². The third kappa shape index (κ3) is 4.48. The minimum atomic E-state index is -0.264. The van der Waals surface area contributed by atoms with Crippen LogP contribution in [0.25, 0.3) is 0 Å². The highest BCUT2D eigenvalue weighted by atomic mass is 16.2. The maximum Gasteiger partial charge on any atom is 0.315 e. The van der Waals surface area contributed by atoms with Crippen LogP contribution in [0.5, 0.6) is 0 Å². The molecule has 5 nitrogen and oxygen atoms in total. The molecular formula is C17H25N3O2. The van der Waals surface area contributed by atoms with E-state index in [4.69, 9.17) is 0 Å². The first-order valence-corrected chi connectivity index (χ1v) is 7.88. The van der Waals surface area contributed by atoms with Crippen molar-refractivity contribution in [2.75, 3.05) is 11.9 Å². The predicted octanol–water partition coefficient (Wildman–Crippen LogP) is 2.79. The molecular weight excluding hydrogens is 278 g/mol. The molecule has 0 heterocycles. The average Bonchev–Trinajstić information content (AvgIpc) is 2.93. The average molecular weight is 303 g/mol. The summed E-state index contributed by atoms with van der Waals surface area (Å²) < 4.78 is 0. The van der Waals surface area contributed by atoms with Gasteiger partial charge in [-0.05, 0) is 44.7 Å². The van der Waals surface area contributed by atoms with Gasteiger partial charge in [-0.15, -0.1) is 0 Å². The number of nitrogens with one attached hydrogen (secondary N) is 3. The summed E-state index contributed by atoms with van der Waals surface area (Å²) in [5.41, 5.74) is 4.05. The molecule has 1 aromatic rings. The van der Waals surface area contributed by atoms with Gasteiger partial charge in [0.2, 0.25) is 5.91 Å². The summed E-state index contributed by atoms with van der Waals surface area (Å²) in [5.74, 6) is -0.211. The highest BCUT2D eigenvalue weighted by Gasteiger charge is 2.17. The monoisotopic (exact) mass is 303 g/mol. The summed E-state index contributed by atoms with van der Waals surface area (Å²) in [6.07, 6.45) is 4.39. The Balaban J connectivity index is 1.81. The molecule has 0 aromatic heterocycles. The zero-order valence-electron chi connectivity index (χ0n) is 13.6. The number of hydrogen-bond acceptors (Lipinski definition) is 2. The summed E-state index contributed by atoms with van der Waals surface area (Å²) in [5, 5.41) is 8.39. The zero-order valence-corrected chi connectivity index (χ0v) is 13.6. The molecule has 1 saturated carbocycles. The van der Waals surface area contributed by atoms with Gasteiger partial charge < -0.3 is 16.0 Å². The van der Waals surface area contributed by atoms with Gasteiger partial charge in [-0.25, -0.2) is 4.79 Å². The van der Waals surface area contributed by atoms with Crippen LogP contribution in [-0.4, -0.2) is 24.5 Å². The van der Waals surface area contributed by atoms with E-state index >= 15 is 0 Å². The molecule has 0 radical (unpaired) electrons. The van der Waals surface area contributed by atoms with E-state index in [1.807, 2.05) is 32.9 Å². The van der Waals surface area contributed by atoms with Crippen molar-refractivity contribution >= 4 is 17.6 Å². The molecule has 0 spiro atoms. The Morgan fingerprint density at radius 1 is 1.09 bits per heavy atom. The fourth-order valence-electron chi connectivity index (χ4n) is 3.03. The first kappa shape index (κ1) is 16.3. The van der Waals surface area contributed by atoms with Gasteiger partial charge in [0.25, 0.3) is 0 Å². The summed E-state index contributed by atoms with van der Waals surface area (Å²) >= 11 is 0. The van der Waals surface area contributed by atoms with Crippen LogP contribution in [0.1, 0.15) is 42.4 Å². The summed E-state index contributed by atoms with van der Waals surface area (Å²) in [6, 6.07) is 4.05. The first-order chi connectivity index (χ1) is 10.5.